The zero-order chi connectivity index (χ0) is 13.3. The van der Waals surface area contributed by atoms with E-state index in [-0.39, 0.29) is 11.6 Å². The van der Waals surface area contributed by atoms with Crippen molar-refractivity contribution in [1.82, 2.24) is 9.97 Å². The first-order valence-electron chi connectivity index (χ1n) is 5.54. The van der Waals surface area contributed by atoms with Crippen LogP contribution in [0.15, 0.2) is 24.3 Å². The summed E-state index contributed by atoms with van der Waals surface area (Å²) in [6.45, 7) is 3.53. The van der Waals surface area contributed by atoms with Gasteiger partial charge in [0, 0.05) is 17.3 Å². The molecule has 1 atom stereocenters. The van der Waals surface area contributed by atoms with Gasteiger partial charge in [0.25, 0.3) is 0 Å². The van der Waals surface area contributed by atoms with E-state index in [0.717, 1.165) is 6.07 Å². The van der Waals surface area contributed by atoms with Gasteiger partial charge in [-0.05, 0) is 32.0 Å². The summed E-state index contributed by atoms with van der Waals surface area (Å²) in [5.41, 5.74) is 7.05. The third kappa shape index (κ3) is 2.51. The molecule has 0 saturated heterocycles. The molecule has 3 nitrogen and oxygen atoms in total. The lowest BCUT2D eigenvalue weighted by Crippen LogP contribution is -2.11. The smallest absolute Gasteiger partial charge is 0.145 e. The molecule has 0 radical (unpaired) electrons. The normalized spacial score (nSPS) is 12.5. The quantitative estimate of drug-likeness (QED) is 0.890. The number of nitrogens with two attached hydrogens (primary N) is 1. The second-order valence-electron chi connectivity index (χ2n) is 4.17. The van der Waals surface area contributed by atoms with Gasteiger partial charge in [-0.15, -0.1) is 0 Å². The number of halogens is 2. The van der Waals surface area contributed by atoms with Gasteiger partial charge in [-0.1, -0.05) is 0 Å². The number of hydrogen-bond donors (Lipinski definition) is 1. The van der Waals surface area contributed by atoms with Gasteiger partial charge in [0.15, 0.2) is 0 Å². The number of hydrogen-bond acceptors (Lipinski definition) is 3. The minimum Gasteiger partial charge on any atom is -0.322 e. The highest BCUT2D eigenvalue weighted by Gasteiger charge is 2.11. The highest BCUT2D eigenvalue weighted by Crippen LogP contribution is 2.23. The van der Waals surface area contributed by atoms with E-state index in [2.05, 4.69) is 9.97 Å². The average Bonchev–Trinajstić information content (AvgIpc) is 2.27. The van der Waals surface area contributed by atoms with E-state index in [1.165, 1.54) is 12.1 Å². The van der Waals surface area contributed by atoms with Crippen LogP contribution >= 0.6 is 0 Å². The van der Waals surface area contributed by atoms with Gasteiger partial charge in [0.1, 0.15) is 17.5 Å². The zero-order valence-electron chi connectivity index (χ0n) is 10.1. The van der Waals surface area contributed by atoms with Crippen LogP contribution in [-0.4, -0.2) is 9.97 Å². The van der Waals surface area contributed by atoms with Crippen LogP contribution in [0.3, 0.4) is 0 Å². The van der Waals surface area contributed by atoms with Crippen LogP contribution in [0.4, 0.5) is 8.78 Å². The van der Waals surface area contributed by atoms with E-state index in [0.29, 0.717) is 17.2 Å². The molecule has 2 N–H and O–H groups in total. The van der Waals surface area contributed by atoms with E-state index < -0.39 is 11.6 Å². The lowest BCUT2D eigenvalue weighted by atomic mass is 10.1. The Labute approximate surface area is 104 Å². The molecule has 94 valence electrons. The van der Waals surface area contributed by atoms with Crippen molar-refractivity contribution >= 4 is 0 Å². The van der Waals surface area contributed by atoms with Gasteiger partial charge in [0.05, 0.1) is 11.7 Å². The Morgan fingerprint density at radius 1 is 1.17 bits per heavy atom. The topological polar surface area (TPSA) is 51.8 Å². The lowest BCUT2D eigenvalue weighted by molar-refractivity contribution is 0.585. The van der Waals surface area contributed by atoms with Crippen molar-refractivity contribution in [3.63, 3.8) is 0 Å². The predicted octanol–water partition coefficient (Wildman–Crippen LogP) is 2.75. The third-order valence-electron chi connectivity index (χ3n) is 2.49. The first-order chi connectivity index (χ1) is 8.47. The Morgan fingerprint density at radius 3 is 2.50 bits per heavy atom. The highest BCUT2D eigenvalue weighted by atomic mass is 19.1. The summed E-state index contributed by atoms with van der Waals surface area (Å²) in [6.07, 6.45) is 0. The van der Waals surface area contributed by atoms with Crippen molar-refractivity contribution < 1.29 is 8.78 Å². The summed E-state index contributed by atoms with van der Waals surface area (Å²) in [5.74, 6) is -0.827. The van der Waals surface area contributed by atoms with Crippen molar-refractivity contribution in [2.24, 2.45) is 5.73 Å². The molecule has 1 aromatic heterocycles. The van der Waals surface area contributed by atoms with Crippen LogP contribution in [0.5, 0.6) is 0 Å². The van der Waals surface area contributed by atoms with Crippen molar-refractivity contribution in [2.45, 2.75) is 19.9 Å². The van der Waals surface area contributed by atoms with Crippen LogP contribution in [0.1, 0.15) is 24.5 Å². The van der Waals surface area contributed by atoms with Gasteiger partial charge in [-0.25, -0.2) is 18.7 Å². The van der Waals surface area contributed by atoms with E-state index >= 15 is 0 Å². The fourth-order valence-electron chi connectivity index (χ4n) is 1.63. The minimum atomic E-state index is -0.649. The molecule has 0 saturated carbocycles. The van der Waals surface area contributed by atoms with Crippen molar-refractivity contribution in [3.05, 3.63) is 47.4 Å². The van der Waals surface area contributed by atoms with E-state index in [1.807, 2.05) is 0 Å². The van der Waals surface area contributed by atoms with Gasteiger partial charge < -0.3 is 5.73 Å². The number of rotatable bonds is 2. The van der Waals surface area contributed by atoms with Gasteiger partial charge in [-0.3, -0.25) is 0 Å². The van der Waals surface area contributed by atoms with Crippen molar-refractivity contribution in [2.75, 3.05) is 0 Å². The Bertz CT molecular complexity index is 582. The highest BCUT2D eigenvalue weighted by molar-refractivity contribution is 5.60. The van der Waals surface area contributed by atoms with Crippen LogP contribution in [0.2, 0.25) is 0 Å². The van der Waals surface area contributed by atoms with Gasteiger partial charge in [-0.2, -0.15) is 0 Å². The lowest BCUT2D eigenvalue weighted by Gasteiger charge is -2.09. The Hall–Kier alpha value is -1.88. The summed E-state index contributed by atoms with van der Waals surface area (Å²) in [6, 6.07) is 4.69. The molecule has 18 heavy (non-hydrogen) atoms. The molecule has 5 heteroatoms. The monoisotopic (exact) mass is 249 g/mol. The van der Waals surface area contributed by atoms with Crippen LogP contribution in [0, 0.1) is 18.6 Å². The second-order valence-corrected chi connectivity index (χ2v) is 4.17. The molecule has 0 aliphatic heterocycles. The van der Waals surface area contributed by atoms with E-state index in [1.54, 1.807) is 19.9 Å². The number of aryl methyl sites for hydroxylation is 1. The molecule has 2 rings (SSSR count). The molecule has 0 aliphatic carbocycles. The first kappa shape index (κ1) is 12.6. The standard InChI is InChI=1S/C13H13F2N3/c1-7-5-12(18-13(17-7)8(2)16)10-4-3-9(14)6-11(10)15/h3-6,8H,16H2,1-2H3. The van der Waals surface area contributed by atoms with Gasteiger partial charge >= 0.3 is 0 Å². The Morgan fingerprint density at radius 2 is 1.89 bits per heavy atom. The fourth-order valence-corrected chi connectivity index (χ4v) is 1.63. The molecule has 2 aromatic rings. The summed E-state index contributed by atoms with van der Waals surface area (Å²) in [4.78, 5) is 8.37. The molecule has 1 aromatic carbocycles. The average molecular weight is 249 g/mol. The first-order valence-corrected chi connectivity index (χ1v) is 5.54. The molecule has 0 fully saturated rings. The van der Waals surface area contributed by atoms with Gasteiger partial charge in [0.2, 0.25) is 0 Å². The third-order valence-corrected chi connectivity index (χ3v) is 2.49. The van der Waals surface area contributed by atoms with Crippen LogP contribution in [0.25, 0.3) is 11.3 Å². The SMILES string of the molecule is Cc1cc(-c2ccc(F)cc2F)nc(C(C)N)n1. The maximum absolute atomic E-state index is 13.7. The molecule has 0 spiro atoms. The van der Waals surface area contributed by atoms with E-state index in [4.69, 9.17) is 5.73 Å². The number of nitrogens with zero attached hydrogens (tertiary/aromatic N) is 2. The summed E-state index contributed by atoms with van der Waals surface area (Å²) < 4.78 is 26.5. The summed E-state index contributed by atoms with van der Waals surface area (Å²) in [7, 11) is 0. The van der Waals surface area contributed by atoms with Crippen LogP contribution < -0.4 is 5.73 Å². The molecule has 0 amide bonds. The predicted molar refractivity (Wildman–Crippen MR) is 64.7 cm³/mol. The fraction of sp³-hybridized carbons (Fsp3) is 0.231. The largest absolute Gasteiger partial charge is 0.322 e. The second kappa shape index (κ2) is 4.78. The minimum absolute atomic E-state index is 0.240. The molecule has 1 unspecified atom stereocenters. The summed E-state index contributed by atoms with van der Waals surface area (Å²) >= 11 is 0. The molecule has 0 bridgehead atoms. The molecular weight excluding hydrogens is 236 g/mol. The maximum atomic E-state index is 13.7. The van der Waals surface area contributed by atoms with E-state index in [9.17, 15) is 8.78 Å². The summed E-state index contributed by atoms with van der Waals surface area (Å²) in [5, 5.41) is 0. The Balaban J connectivity index is 2.56. The number of benzene rings is 1. The zero-order valence-corrected chi connectivity index (χ0v) is 10.1. The van der Waals surface area contributed by atoms with Crippen molar-refractivity contribution in [3.8, 4) is 11.3 Å². The molecular formula is C13H13F2N3. The maximum Gasteiger partial charge on any atom is 0.145 e. The Kier molecular flexibility index (Phi) is 3.34. The number of aromatic nitrogens is 2. The van der Waals surface area contributed by atoms with Crippen LogP contribution in [-0.2, 0) is 0 Å². The van der Waals surface area contributed by atoms with Crippen molar-refractivity contribution in [1.29, 1.82) is 0 Å². The molecule has 0 aliphatic rings. The molecule has 1 heterocycles.